The first-order valence-electron chi connectivity index (χ1n) is 9.06. The second-order valence-corrected chi connectivity index (χ2v) is 4.84. The summed E-state index contributed by atoms with van der Waals surface area (Å²) in [5.41, 5.74) is 0. The summed E-state index contributed by atoms with van der Waals surface area (Å²) in [5.74, 6) is -0.276. The minimum Gasteiger partial charge on any atom is -0.502 e. The maximum absolute atomic E-state index is 5.91. The summed E-state index contributed by atoms with van der Waals surface area (Å²) < 4.78 is 34.5. The van der Waals surface area contributed by atoms with Gasteiger partial charge in [-0.25, -0.2) is 0 Å². The normalized spacial score (nSPS) is 13.5. The van der Waals surface area contributed by atoms with Crippen molar-refractivity contribution in [3.63, 3.8) is 0 Å². The van der Waals surface area contributed by atoms with Crippen molar-refractivity contribution in [2.75, 3.05) is 39.6 Å². The summed E-state index contributed by atoms with van der Waals surface area (Å²) in [4.78, 5) is 0. The fourth-order valence-corrected chi connectivity index (χ4v) is 2.35. The molecule has 0 radical (unpaired) electrons. The molecule has 0 aliphatic carbocycles. The van der Waals surface area contributed by atoms with Gasteiger partial charge in [0.2, 0.25) is 0 Å². The van der Waals surface area contributed by atoms with Gasteiger partial charge in [0.1, 0.15) is 0 Å². The Kier molecular flexibility index (Phi) is 15.4. The second kappa shape index (κ2) is 15.8. The molecule has 6 nitrogen and oxygen atoms in total. The molecule has 6 heteroatoms. The van der Waals surface area contributed by atoms with Crippen LogP contribution < -0.4 is 0 Å². The first-order valence-corrected chi connectivity index (χ1v) is 9.06. The van der Waals surface area contributed by atoms with Crippen LogP contribution in [0.25, 0.3) is 0 Å². The summed E-state index contributed by atoms with van der Waals surface area (Å²) in [7, 11) is 0. The van der Waals surface area contributed by atoms with E-state index in [9.17, 15) is 0 Å². The van der Waals surface area contributed by atoms with Gasteiger partial charge in [-0.3, -0.25) is 0 Å². The third-order valence-electron chi connectivity index (χ3n) is 3.22. The van der Waals surface area contributed by atoms with Crippen molar-refractivity contribution >= 4 is 0 Å². The lowest BCUT2D eigenvalue weighted by Crippen LogP contribution is -2.46. The van der Waals surface area contributed by atoms with Crippen LogP contribution in [0.3, 0.4) is 0 Å². The lowest BCUT2D eigenvalue weighted by molar-refractivity contribution is -0.265. The van der Waals surface area contributed by atoms with Gasteiger partial charge in [-0.1, -0.05) is 0 Å². The topological polar surface area (TPSA) is 55.4 Å². The summed E-state index contributed by atoms with van der Waals surface area (Å²) in [6, 6.07) is 0. The van der Waals surface area contributed by atoms with Gasteiger partial charge in [0.05, 0.1) is 24.9 Å². The third kappa shape index (κ3) is 8.99. The Balaban J connectivity index is 5.53. The van der Waals surface area contributed by atoms with E-state index < -0.39 is 12.6 Å². The van der Waals surface area contributed by atoms with Crippen LogP contribution in [0.15, 0.2) is 12.3 Å². The van der Waals surface area contributed by atoms with Crippen LogP contribution in [0.5, 0.6) is 0 Å². The van der Waals surface area contributed by atoms with E-state index in [2.05, 4.69) is 0 Å². The summed E-state index contributed by atoms with van der Waals surface area (Å²) >= 11 is 0. The molecule has 24 heavy (non-hydrogen) atoms. The van der Waals surface area contributed by atoms with E-state index in [0.29, 0.717) is 39.6 Å². The van der Waals surface area contributed by atoms with E-state index in [1.165, 1.54) is 0 Å². The molecule has 0 aromatic rings. The van der Waals surface area contributed by atoms with Gasteiger partial charge in [-0.15, -0.1) is 0 Å². The Hall–Kier alpha value is -0.660. The molecule has 0 aliphatic heterocycles. The minimum absolute atomic E-state index is 0.276. The molecule has 0 bridgehead atoms. The van der Waals surface area contributed by atoms with Crippen molar-refractivity contribution in [2.45, 2.75) is 60.2 Å². The van der Waals surface area contributed by atoms with E-state index in [0.717, 1.165) is 0 Å². The molecule has 144 valence electrons. The highest BCUT2D eigenvalue weighted by Crippen LogP contribution is 2.26. The van der Waals surface area contributed by atoms with Crippen molar-refractivity contribution in [3.05, 3.63) is 12.3 Å². The van der Waals surface area contributed by atoms with E-state index >= 15 is 0 Å². The molecule has 0 rings (SSSR count). The molecule has 0 saturated carbocycles. The smallest absolute Gasteiger partial charge is 0.168 e. The number of ether oxygens (including phenoxy) is 6. The molecule has 0 aliphatic rings. The maximum atomic E-state index is 5.91. The fraction of sp³-hybridized carbons (Fsp3) is 0.889. The van der Waals surface area contributed by atoms with Crippen LogP contribution in [0.1, 0.15) is 41.5 Å². The SMILES string of the molecule is CCO/C=C/[C@H](OCC)C(C(OCC)OCC)C(OCC)OCC. The van der Waals surface area contributed by atoms with Gasteiger partial charge in [-0.2, -0.15) is 0 Å². The predicted octanol–water partition coefficient (Wildman–Crippen LogP) is 3.36. The Labute approximate surface area is 147 Å². The van der Waals surface area contributed by atoms with Crippen LogP contribution in [0.4, 0.5) is 0 Å². The highest BCUT2D eigenvalue weighted by molar-refractivity contribution is 4.92. The standard InChI is InChI=1S/C18H36O6/c1-7-19-14-13-15(20-8-2)16(17(21-9-3)22-10-4)18(23-11-5)24-12-6/h13-18H,7-12H2,1-6H3/b14-13+/t15-/m0/s1. The van der Waals surface area contributed by atoms with Crippen LogP contribution in [0, 0.1) is 5.92 Å². The molecule has 0 aromatic carbocycles. The third-order valence-corrected chi connectivity index (χ3v) is 3.22. The highest BCUT2D eigenvalue weighted by atomic mass is 16.7. The zero-order valence-electron chi connectivity index (χ0n) is 16.2. The summed E-state index contributed by atoms with van der Waals surface area (Å²) in [6.07, 6.45) is 2.22. The van der Waals surface area contributed by atoms with Crippen LogP contribution in [-0.2, 0) is 28.4 Å². The van der Waals surface area contributed by atoms with Gasteiger partial charge in [-0.05, 0) is 47.6 Å². The molecule has 0 unspecified atom stereocenters. The van der Waals surface area contributed by atoms with Gasteiger partial charge < -0.3 is 28.4 Å². The molecular formula is C18H36O6. The number of rotatable bonds is 16. The number of hydrogen-bond donors (Lipinski definition) is 0. The minimum atomic E-state index is -0.495. The zero-order chi connectivity index (χ0) is 18.2. The van der Waals surface area contributed by atoms with Gasteiger partial charge >= 0.3 is 0 Å². The molecule has 0 heterocycles. The quantitative estimate of drug-likeness (QED) is 0.315. The molecule has 1 atom stereocenters. The lowest BCUT2D eigenvalue weighted by Gasteiger charge is -2.36. The first-order chi connectivity index (χ1) is 11.7. The van der Waals surface area contributed by atoms with E-state index in [4.69, 9.17) is 28.4 Å². The van der Waals surface area contributed by atoms with Crippen LogP contribution in [0.2, 0.25) is 0 Å². The molecule has 0 spiro atoms. The molecule has 0 N–H and O–H groups in total. The predicted molar refractivity (Wildman–Crippen MR) is 93.8 cm³/mol. The Morgan fingerprint density at radius 2 is 1.00 bits per heavy atom. The van der Waals surface area contributed by atoms with Gasteiger partial charge in [0, 0.05) is 33.0 Å². The molecule has 0 fully saturated rings. The van der Waals surface area contributed by atoms with Gasteiger partial charge in [0.25, 0.3) is 0 Å². The molecule has 0 amide bonds. The molecule has 0 saturated heterocycles. The van der Waals surface area contributed by atoms with Crippen molar-refractivity contribution in [1.29, 1.82) is 0 Å². The van der Waals surface area contributed by atoms with E-state index in [-0.39, 0.29) is 12.0 Å². The largest absolute Gasteiger partial charge is 0.502 e. The van der Waals surface area contributed by atoms with Crippen molar-refractivity contribution in [1.82, 2.24) is 0 Å². The van der Waals surface area contributed by atoms with Crippen LogP contribution in [-0.4, -0.2) is 58.3 Å². The van der Waals surface area contributed by atoms with Crippen molar-refractivity contribution in [2.24, 2.45) is 5.92 Å². The van der Waals surface area contributed by atoms with E-state index in [1.54, 1.807) is 6.26 Å². The molecule has 0 aromatic heterocycles. The average molecular weight is 348 g/mol. The first kappa shape index (κ1) is 23.3. The second-order valence-electron chi connectivity index (χ2n) is 4.84. The summed E-state index contributed by atoms with van der Waals surface area (Å²) in [5, 5.41) is 0. The number of hydrogen-bond acceptors (Lipinski definition) is 6. The van der Waals surface area contributed by atoms with Crippen molar-refractivity contribution in [3.8, 4) is 0 Å². The Bertz CT molecular complexity index is 269. The zero-order valence-corrected chi connectivity index (χ0v) is 16.2. The summed E-state index contributed by atoms with van der Waals surface area (Å²) in [6.45, 7) is 14.9. The fourth-order valence-electron chi connectivity index (χ4n) is 2.35. The van der Waals surface area contributed by atoms with Crippen molar-refractivity contribution < 1.29 is 28.4 Å². The molecular weight excluding hydrogens is 312 g/mol. The van der Waals surface area contributed by atoms with E-state index in [1.807, 2.05) is 47.6 Å². The van der Waals surface area contributed by atoms with Crippen LogP contribution >= 0.6 is 0 Å². The average Bonchev–Trinajstić information content (AvgIpc) is 2.56. The van der Waals surface area contributed by atoms with Gasteiger partial charge in [0.15, 0.2) is 12.6 Å². The monoisotopic (exact) mass is 348 g/mol. The Morgan fingerprint density at radius 3 is 1.33 bits per heavy atom. The highest BCUT2D eigenvalue weighted by Gasteiger charge is 2.38. The Morgan fingerprint density at radius 1 is 0.583 bits per heavy atom. The lowest BCUT2D eigenvalue weighted by atomic mass is 10.00. The maximum Gasteiger partial charge on any atom is 0.168 e.